The minimum absolute atomic E-state index is 0.199. The SMILES string of the molecule is CNCCCC(=O)N(C)Cc1cc(Br)ccc1C. The van der Waals surface area contributed by atoms with Crippen LogP contribution in [-0.4, -0.2) is 31.4 Å². The van der Waals surface area contributed by atoms with Crippen LogP contribution in [0.1, 0.15) is 24.0 Å². The normalized spacial score (nSPS) is 10.4. The average Bonchev–Trinajstić information content (AvgIpc) is 2.34. The summed E-state index contributed by atoms with van der Waals surface area (Å²) in [6, 6.07) is 6.17. The second-order valence-electron chi connectivity index (χ2n) is 4.53. The smallest absolute Gasteiger partial charge is 0.222 e. The summed E-state index contributed by atoms with van der Waals surface area (Å²) in [5.41, 5.74) is 2.40. The summed E-state index contributed by atoms with van der Waals surface area (Å²) in [5, 5.41) is 3.05. The summed E-state index contributed by atoms with van der Waals surface area (Å²) >= 11 is 3.46. The lowest BCUT2D eigenvalue weighted by atomic mass is 10.1. The summed E-state index contributed by atoms with van der Waals surface area (Å²) in [4.78, 5) is 13.7. The molecular formula is C14H21BrN2O. The van der Waals surface area contributed by atoms with Crippen molar-refractivity contribution >= 4 is 21.8 Å². The molecule has 0 bridgehead atoms. The standard InChI is InChI=1S/C14H21BrN2O/c1-11-6-7-13(15)9-12(11)10-17(3)14(18)5-4-8-16-2/h6-7,9,16H,4-5,8,10H2,1-3H3. The number of amides is 1. The van der Waals surface area contributed by atoms with Crippen molar-refractivity contribution in [1.29, 1.82) is 0 Å². The third kappa shape index (κ3) is 4.78. The summed E-state index contributed by atoms with van der Waals surface area (Å²) in [6.07, 6.45) is 1.49. The van der Waals surface area contributed by atoms with Gasteiger partial charge in [-0.15, -0.1) is 0 Å². The van der Waals surface area contributed by atoms with E-state index in [0.29, 0.717) is 13.0 Å². The minimum atomic E-state index is 0.199. The third-order valence-corrected chi connectivity index (χ3v) is 3.46. The number of aryl methyl sites for hydroxylation is 1. The van der Waals surface area contributed by atoms with Gasteiger partial charge in [0, 0.05) is 24.5 Å². The van der Waals surface area contributed by atoms with Gasteiger partial charge in [-0.25, -0.2) is 0 Å². The molecule has 0 saturated carbocycles. The average molecular weight is 313 g/mol. The molecule has 0 atom stereocenters. The van der Waals surface area contributed by atoms with Crippen molar-refractivity contribution in [2.45, 2.75) is 26.3 Å². The Bertz CT molecular complexity index is 407. The monoisotopic (exact) mass is 312 g/mol. The number of rotatable bonds is 6. The van der Waals surface area contributed by atoms with Crippen LogP contribution in [0.4, 0.5) is 0 Å². The highest BCUT2D eigenvalue weighted by Crippen LogP contribution is 2.17. The van der Waals surface area contributed by atoms with Crippen molar-refractivity contribution in [3.05, 3.63) is 33.8 Å². The maximum atomic E-state index is 11.9. The Morgan fingerprint density at radius 1 is 1.44 bits per heavy atom. The molecule has 0 aromatic heterocycles. The highest BCUT2D eigenvalue weighted by Gasteiger charge is 2.10. The Morgan fingerprint density at radius 2 is 2.17 bits per heavy atom. The van der Waals surface area contributed by atoms with Crippen LogP contribution in [0.5, 0.6) is 0 Å². The summed E-state index contributed by atoms with van der Waals surface area (Å²) in [6.45, 7) is 3.63. The van der Waals surface area contributed by atoms with Crippen LogP contribution in [0.3, 0.4) is 0 Å². The molecule has 0 heterocycles. The van der Waals surface area contributed by atoms with Gasteiger partial charge in [-0.3, -0.25) is 4.79 Å². The van der Waals surface area contributed by atoms with E-state index >= 15 is 0 Å². The molecule has 0 aliphatic heterocycles. The highest BCUT2D eigenvalue weighted by molar-refractivity contribution is 9.10. The second kappa shape index (κ2) is 7.54. The molecule has 1 aromatic rings. The molecule has 1 amide bonds. The number of halogens is 1. The molecule has 0 fully saturated rings. The number of carbonyl (C=O) groups excluding carboxylic acids is 1. The second-order valence-corrected chi connectivity index (χ2v) is 5.44. The molecule has 18 heavy (non-hydrogen) atoms. The first-order chi connectivity index (χ1) is 8.54. The molecule has 0 unspecified atom stereocenters. The Balaban J connectivity index is 2.55. The van der Waals surface area contributed by atoms with E-state index in [2.05, 4.69) is 40.3 Å². The zero-order chi connectivity index (χ0) is 13.5. The Morgan fingerprint density at radius 3 is 2.83 bits per heavy atom. The van der Waals surface area contributed by atoms with E-state index in [1.54, 1.807) is 4.90 Å². The van der Waals surface area contributed by atoms with Crippen molar-refractivity contribution in [3.8, 4) is 0 Å². The first kappa shape index (κ1) is 15.2. The molecule has 3 nitrogen and oxygen atoms in total. The Kier molecular flexibility index (Phi) is 6.36. The van der Waals surface area contributed by atoms with Gasteiger partial charge in [0.15, 0.2) is 0 Å². The van der Waals surface area contributed by atoms with Crippen molar-refractivity contribution in [2.75, 3.05) is 20.6 Å². The number of nitrogens with one attached hydrogen (secondary N) is 1. The van der Waals surface area contributed by atoms with Crippen LogP contribution >= 0.6 is 15.9 Å². The lowest BCUT2D eigenvalue weighted by molar-refractivity contribution is -0.130. The number of nitrogens with zero attached hydrogens (tertiary/aromatic N) is 1. The lowest BCUT2D eigenvalue weighted by Gasteiger charge is -2.18. The summed E-state index contributed by atoms with van der Waals surface area (Å²) < 4.78 is 1.05. The maximum Gasteiger partial charge on any atom is 0.222 e. The van der Waals surface area contributed by atoms with Gasteiger partial charge in [0.2, 0.25) is 5.91 Å². The molecule has 1 N–H and O–H groups in total. The van der Waals surface area contributed by atoms with Gasteiger partial charge in [0.25, 0.3) is 0 Å². The summed E-state index contributed by atoms with van der Waals surface area (Å²) in [7, 11) is 3.76. The predicted octanol–water partition coefficient (Wildman–Crippen LogP) is 2.72. The van der Waals surface area contributed by atoms with E-state index in [9.17, 15) is 4.79 Å². The number of carbonyl (C=O) groups is 1. The van der Waals surface area contributed by atoms with Crippen LogP contribution in [0.25, 0.3) is 0 Å². The van der Waals surface area contributed by atoms with E-state index in [4.69, 9.17) is 0 Å². The fourth-order valence-corrected chi connectivity index (χ4v) is 2.17. The van der Waals surface area contributed by atoms with Crippen molar-refractivity contribution < 1.29 is 4.79 Å². The van der Waals surface area contributed by atoms with Crippen LogP contribution in [0.15, 0.2) is 22.7 Å². The van der Waals surface area contributed by atoms with Crippen molar-refractivity contribution in [1.82, 2.24) is 10.2 Å². The molecular weight excluding hydrogens is 292 g/mol. The number of hydrogen-bond acceptors (Lipinski definition) is 2. The fourth-order valence-electron chi connectivity index (χ4n) is 1.76. The minimum Gasteiger partial charge on any atom is -0.341 e. The summed E-state index contributed by atoms with van der Waals surface area (Å²) in [5.74, 6) is 0.199. The van der Waals surface area contributed by atoms with Gasteiger partial charge in [0.1, 0.15) is 0 Å². The first-order valence-corrected chi connectivity index (χ1v) is 6.97. The predicted molar refractivity (Wildman–Crippen MR) is 78.5 cm³/mol. The van der Waals surface area contributed by atoms with Gasteiger partial charge < -0.3 is 10.2 Å². The molecule has 0 spiro atoms. The van der Waals surface area contributed by atoms with E-state index in [-0.39, 0.29) is 5.91 Å². The van der Waals surface area contributed by atoms with E-state index in [1.807, 2.05) is 20.2 Å². The molecule has 0 aliphatic rings. The van der Waals surface area contributed by atoms with Gasteiger partial charge in [-0.05, 0) is 50.2 Å². The van der Waals surface area contributed by atoms with E-state index in [0.717, 1.165) is 17.4 Å². The quantitative estimate of drug-likeness (QED) is 0.819. The zero-order valence-electron chi connectivity index (χ0n) is 11.3. The van der Waals surface area contributed by atoms with Gasteiger partial charge in [-0.1, -0.05) is 22.0 Å². The van der Waals surface area contributed by atoms with Gasteiger partial charge >= 0.3 is 0 Å². The zero-order valence-corrected chi connectivity index (χ0v) is 12.9. The molecule has 1 rings (SSSR count). The third-order valence-electron chi connectivity index (χ3n) is 2.96. The van der Waals surface area contributed by atoms with Crippen LogP contribution in [0, 0.1) is 6.92 Å². The van der Waals surface area contributed by atoms with E-state index in [1.165, 1.54) is 11.1 Å². The van der Waals surface area contributed by atoms with Crippen LogP contribution in [-0.2, 0) is 11.3 Å². The van der Waals surface area contributed by atoms with Crippen molar-refractivity contribution in [2.24, 2.45) is 0 Å². The number of benzene rings is 1. The lowest BCUT2D eigenvalue weighted by Crippen LogP contribution is -2.27. The molecule has 4 heteroatoms. The Labute approximate surface area is 118 Å². The fraction of sp³-hybridized carbons (Fsp3) is 0.500. The maximum absolute atomic E-state index is 11.9. The molecule has 0 aliphatic carbocycles. The molecule has 0 saturated heterocycles. The largest absolute Gasteiger partial charge is 0.341 e. The molecule has 100 valence electrons. The number of hydrogen-bond donors (Lipinski definition) is 1. The van der Waals surface area contributed by atoms with Crippen LogP contribution in [0.2, 0.25) is 0 Å². The van der Waals surface area contributed by atoms with Gasteiger partial charge in [-0.2, -0.15) is 0 Å². The highest BCUT2D eigenvalue weighted by atomic mass is 79.9. The van der Waals surface area contributed by atoms with Crippen molar-refractivity contribution in [3.63, 3.8) is 0 Å². The first-order valence-electron chi connectivity index (χ1n) is 6.18. The molecule has 1 aromatic carbocycles. The topological polar surface area (TPSA) is 32.3 Å². The van der Waals surface area contributed by atoms with Crippen LogP contribution < -0.4 is 5.32 Å². The molecule has 0 radical (unpaired) electrons. The Hall–Kier alpha value is -0.870. The van der Waals surface area contributed by atoms with E-state index < -0.39 is 0 Å². The van der Waals surface area contributed by atoms with Gasteiger partial charge in [0.05, 0.1) is 0 Å².